The van der Waals surface area contributed by atoms with E-state index in [2.05, 4.69) is 47.4 Å². The van der Waals surface area contributed by atoms with Crippen LogP contribution in [-0.2, 0) is 22.7 Å². The molecule has 2 aromatic carbocycles. The van der Waals surface area contributed by atoms with Gasteiger partial charge in [0.05, 0.1) is 0 Å². The highest BCUT2D eigenvalue weighted by atomic mass is 32.1. The molecular weight excluding hydrogens is 382 g/mol. The lowest BCUT2D eigenvalue weighted by atomic mass is 10.0. The van der Waals surface area contributed by atoms with E-state index in [0.29, 0.717) is 19.6 Å². The van der Waals surface area contributed by atoms with Crippen LogP contribution in [0.5, 0.6) is 0 Å². The highest BCUT2D eigenvalue weighted by molar-refractivity contribution is 7.07. The molecule has 3 aromatic rings. The van der Waals surface area contributed by atoms with Crippen LogP contribution in [0.4, 0.5) is 0 Å². The van der Waals surface area contributed by atoms with Crippen LogP contribution in [0.2, 0.25) is 0 Å². The first-order chi connectivity index (χ1) is 14.2. The predicted octanol–water partition coefficient (Wildman–Crippen LogP) is 2.96. The summed E-state index contributed by atoms with van der Waals surface area (Å²) in [7, 11) is 0. The van der Waals surface area contributed by atoms with Gasteiger partial charge in [-0.2, -0.15) is 11.3 Å². The van der Waals surface area contributed by atoms with Crippen molar-refractivity contribution in [2.75, 3.05) is 26.2 Å². The lowest BCUT2D eigenvalue weighted by Crippen LogP contribution is -2.66. The minimum Gasteiger partial charge on any atom is -0.327 e. The number of hydrogen-bond donors (Lipinski definition) is 0. The van der Waals surface area contributed by atoms with Crippen LogP contribution in [0.3, 0.4) is 0 Å². The Hall–Kier alpha value is -2.70. The normalized spacial score (nSPS) is 20.3. The third-order valence-electron chi connectivity index (χ3n) is 5.94. The van der Waals surface area contributed by atoms with E-state index in [0.717, 1.165) is 18.7 Å². The summed E-state index contributed by atoms with van der Waals surface area (Å²) in [6.07, 6.45) is 0. The third kappa shape index (κ3) is 3.54. The maximum atomic E-state index is 13.2. The minimum atomic E-state index is -0.376. The average Bonchev–Trinajstić information content (AvgIpc) is 3.25. The summed E-state index contributed by atoms with van der Waals surface area (Å²) in [5, 5.41) is 6.53. The quantitative estimate of drug-likeness (QED) is 0.670. The molecule has 2 aliphatic heterocycles. The summed E-state index contributed by atoms with van der Waals surface area (Å²) in [5.41, 5.74) is 2.36. The fraction of sp³-hybridized carbons (Fsp3) is 0.304. The van der Waals surface area contributed by atoms with Gasteiger partial charge < -0.3 is 9.80 Å². The SMILES string of the molecule is O=C1C2CN(Cc3cccc4ccccc34)CCN2C(=O)CN1Cc1ccsc1. The number of fused-ring (bicyclic) bond motifs is 2. The van der Waals surface area contributed by atoms with Gasteiger partial charge in [0.25, 0.3) is 0 Å². The van der Waals surface area contributed by atoms with Gasteiger partial charge in [0.2, 0.25) is 11.8 Å². The van der Waals surface area contributed by atoms with Gasteiger partial charge in [-0.15, -0.1) is 0 Å². The molecular formula is C23H23N3O2S. The minimum absolute atomic E-state index is 0.0645. The van der Waals surface area contributed by atoms with Crippen molar-refractivity contribution in [2.24, 2.45) is 0 Å². The highest BCUT2D eigenvalue weighted by Crippen LogP contribution is 2.24. The van der Waals surface area contributed by atoms with Crippen molar-refractivity contribution >= 4 is 33.9 Å². The van der Waals surface area contributed by atoms with Crippen LogP contribution < -0.4 is 0 Å². The van der Waals surface area contributed by atoms with Gasteiger partial charge in [0.1, 0.15) is 12.6 Å². The van der Waals surface area contributed by atoms with Crippen LogP contribution in [0.25, 0.3) is 10.8 Å². The Morgan fingerprint density at radius 3 is 2.69 bits per heavy atom. The Bertz CT molecular complexity index is 1040. The average molecular weight is 406 g/mol. The van der Waals surface area contributed by atoms with Gasteiger partial charge in [-0.3, -0.25) is 14.5 Å². The third-order valence-corrected chi connectivity index (χ3v) is 6.67. The fourth-order valence-electron chi connectivity index (χ4n) is 4.44. The molecule has 29 heavy (non-hydrogen) atoms. The lowest BCUT2D eigenvalue weighted by Gasteiger charge is -2.46. The second-order valence-corrected chi connectivity index (χ2v) is 8.58. The summed E-state index contributed by atoms with van der Waals surface area (Å²) in [6.45, 7) is 3.50. The first-order valence-electron chi connectivity index (χ1n) is 9.97. The van der Waals surface area contributed by atoms with Crippen LogP contribution in [0.15, 0.2) is 59.3 Å². The first kappa shape index (κ1) is 18.3. The second-order valence-electron chi connectivity index (χ2n) is 7.80. The zero-order chi connectivity index (χ0) is 19.8. The molecule has 1 aromatic heterocycles. The molecule has 6 heteroatoms. The van der Waals surface area contributed by atoms with Gasteiger partial charge in [0.15, 0.2) is 0 Å². The van der Waals surface area contributed by atoms with E-state index in [1.807, 2.05) is 16.8 Å². The smallest absolute Gasteiger partial charge is 0.247 e. The molecule has 0 bridgehead atoms. The number of carbonyl (C=O) groups excluding carboxylic acids is 2. The molecule has 0 aliphatic carbocycles. The van der Waals surface area contributed by atoms with Crippen molar-refractivity contribution in [3.05, 3.63) is 70.4 Å². The molecule has 2 amide bonds. The maximum Gasteiger partial charge on any atom is 0.247 e. The number of benzene rings is 2. The van der Waals surface area contributed by atoms with E-state index in [9.17, 15) is 9.59 Å². The summed E-state index contributed by atoms with van der Waals surface area (Å²) >= 11 is 1.61. The first-order valence-corrected chi connectivity index (χ1v) is 10.9. The van der Waals surface area contributed by atoms with Gasteiger partial charge in [-0.05, 0) is 38.7 Å². The molecule has 0 spiro atoms. The molecule has 5 rings (SSSR count). The fourth-order valence-corrected chi connectivity index (χ4v) is 5.10. The summed E-state index contributed by atoms with van der Waals surface area (Å²) in [4.78, 5) is 31.6. The second kappa shape index (κ2) is 7.61. The molecule has 1 atom stereocenters. The molecule has 5 nitrogen and oxygen atoms in total. The Balaban J connectivity index is 1.34. The zero-order valence-electron chi connectivity index (χ0n) is 16.2. The number of amides is 2. The van der Waals surface area contributed by atoms with Crippen molar-refractivity contribution < 1.29 is 9.59 Å². The molecule has 0 N–H and O–H groups in total. The van der Waals surface area contributed by atoms with Crippen LogP contribution in [-0.4, -0.2) is 58.7 Å². The molecule has 1 unspecified atom stereocenters. The van der Waals surface area contributed by atoms with E-state index < -0.39 is 0 Å². The molecule has 2 aliphatic rings. The number of rotatable bonds is 4. The Morgan fingerprint density at radius 1 is 0.966 bits per heavy atom. The number of carbonyl (C=O) groups is 2. The van der Waals surface area contributed by atoms with Crippen LogP contribution in [0.1, 0.15) is 11.1 Å². The Labute approximate surface area is 174 Å². The van der Waals surface area contributed by atoms with E-state index >= 15 is 0 Å². The van der Waals surface area contributed by atoms with Crippen molar-refractivity contribution in [1.29, 1.82) is 0 Å². The summed E-state index contributed by atoms with van der Waals surface area (Å²) in [6, 6.07) is 16.4. The zero-order valence-corrected chi connectivity index (χ0v) is 17.0. The van der Waals surface area contributed by atoms with Gasteiger partial charge >= 0.3 is 0 Å². The molecule has 0 radical (unpaired) electrons. The molecule has 2 saturated heterocycles. The van der Waals surface area contributed by atoms with Crippen molar-refractivity contribution in [3.8, 4) is 0 Å². The summed E-state index contributed by atoms with van der Waals surface area (Å²) < 4.78 is 0. The monoisotopic (exact) mass is 405 g/mol. The summed E-state index contributed by atoms with van der Waals surface area (Å²) in [5.74, 6) is 0.132. The number of thiophene rings is 1. The highest BCUT2D eigenvalue weighted by Gasteiger charge is 2.42. The van der Waals surface area contributed by atoms with E-state index in [1.54, 1.807) is 21.1 Å². The predicted molar refractivity (Wildman–Crippen MR) is 114 cm³/mol. The van der Waals surface area contributed by atoms with Crippen LogP contribution in [0, 0.1) is 0 Å². The van der Waals surface area contributed by atoms with Gasteiger partial charge in [0, 0.05) is 32.7 Å². The van der Waals surface area contributed by atoms with E-state index in [1.165, 1.54) is 16.3 Å². The van der Waals surface area contributed by atoms with Gasteiger partial charge in [-0.25, -0.2) is 0 Å². The van der Waals surface area contributed by atoms with E-state index in [4.69, 9.17) is 0 Å². The Kier molecular flexibility index (Phi) is 4.81. The maximum absolute atomic E-state index is 13.2. The Morgan fingerprint density at radius 2 is 1.83 bits per heavy atom. The van der Waals surface area contributed by atoms with Gasteiger partial charge in [-0.1, -0.05) is 42.5 Å². The standard InChI is InChI=1S/C23H23N3O2S/c27-22-15-25(12-17-8-11-29-16-17)23(28)21-14-24(9-10-26(21)22)13-19-6-3-5-18-4-1-2-7-20(18)19/h1-8,11,16,21H,9-10,12-15H2. The van der Waals surface area contributed by atoms with Crippen molar-refractivity contribution in [3.63, 3.8) is 0 Å². The van der Waals surface area contributed by atoms with E-state index in [-0.39, 0.29) is 24.4 Å². The number of hydrogen-bond acceptors (Lipinski definition) is 4. The largest absolute Gasteiger partial charge is 0.327 e. The molecule has 0 saturated carbocycles. The molecule has 2 fully saturated rings. The topological polar surface area (TPSA) is 43.9 Å². The number of piperazine rings is 2. The lowest BCUT2D eigenvalue weighted by molar-refractivity contribution is -0.160. The number of nitrogens with zero attached hydrogens (tertiary/aromatic N) is 3. The van der Waals surface area contributed by atoms with Crippen molar-refractivity contribution in [1.82, 2.24) is 14.7 Å². The molecule has 3 heterocycles. The molecule has 148 valence electrons. The van der Waals surface area contributed by atoms with Crippen LogP contribution >= 0.6 is 11.3 Å². The van der Waals surface area contributed by atoms with Crippen molar-refractivity contribution in [2.45, 2.75) is 19.1 Å².